The van der Waals surface area contributed by atoms with Crippen LogP contribution in [0.1, 0.15) is 20.8 Å². The maximum Gasteiger partial charge on any atom is 0.235 e. The van der Waals surface area contributed by atoms with Gasteiger partial charge in [0.05, 0.1) is 5.25 Å². The van der Waals surface area contributed by atoms with Gasteiger partial charge in [0.1, 0.15) is 5.25 Å². The van der Waals surface area contributed by atoms with Crippen LogP contribution in [0.4, 0.5) is 0 Å². The van der Waals surface area contributed by atoms with Gasteiger partial charge in [-0.2, -0.15) is 0 Å². The van der Waals surface area contributed by atoms with Crippen molar-refractivity contribution in [3.8, 4) is 0 Å². The second-order valence-electron chi connectivity index (χ2n) is 2.68. The molecule has 5 heteroatoms. The predicted molar refractivity (Wildman–Crippen MR) is 42.7 cm³/mol. The smallest absolute Gasteiger partial charge is 0.235 e. The molecule has 11 heavy (non-hydrogen) atoms. The molecule has 0 radical (unpaired) electrons. The third-order valence-corrected chi connectivity index (χ3v) is 4.08. The van der Waals surface area contributed by atoms with Crippen molar-refractivity contribution in [2.24, 2.45) is 5.73 Å². The monoisotopic (exact) mass is 179 g/mol. The molecule has 0 saturated carbocycles. The first-order valence-corrected chi connectivity index (χ1v) is 4.93. The lowest BCUT2D eigenvalue weighted by Crippen LogP contribution is -2.37. The van der Waals surface area contributed by atoms with Gasteiger partial charge in [0.25, 0.3) is 0 Å². The van der Waals surface area contributed by atoms with Gasteiger partial charge in [-0.1, -0.05) is 0 Å². The van der Waals surface area contributed by atoms with E-state index in [2.05, 4.69) is 0 Å². The highest BCUT2D eigenvalue weighted by Gasteiger charge is 2.28. The molecule has 66 valence electrons. The zero-order chi connectivity index (χ0) is 9.23. The zero-order valence-electron chi connectivity index (χ0n) is 6.87. The highest BCUT2D eigenvalue weighted by atomic mass is 32.2. The summed E-state index contributed by atoms with van der Waals surface area (Å²) in [5.41, 5.74) is 4.84. The second-order valence-corrected chi connectivity index (χ2v) is 5.51. The van der Waals surface area contributed by atoms with E-state index in [0.717, 1.165) is 0 Å². The largest absolute Gasteiger partial charge is 0.369 e. The van der Waals surface area contributed by atoms with Gasteiger partial charge in [-0.05, 0) is 20.8 Å². The Kier molecular flexibility index (Phi) is 3.04. The van der Waals surface area contributed by atoms with Crippen molar-refractivity contribution in [2.75, 3.05) is 0 Å². The number of nitrogens with two attached hydrogens (primary N) is 1. The molecule has 0 aliphatic heterocycles. The molecule has 0 aromatic rings. The van der Waals surface area contributed by atoms with Crippen LogP contribution < -0.4 is 5.73 Å². The molecule has 0 bridgehead atoms. The number of hydrogen-bond acceptors (Lipinski definition) is 3. The maximum absolute atomic E-state index is 11.2. The van der Waals surface area contributed by atoms with Crippen molar-refractivity contribution in [3.63, 3.8) is 0 Å². The number of sulfone groups is 1. The maximum atomic E-state index is 11.2. The summed E-state index contributed by atoms with van der Waals surface area (Å²) in [6, 6.07) is 0. The standard InChI is InChI=1S/C6H13NO3S/c1-4(2)11(9,10)5(3)6(7)8/h4-5H,1-3H3,(H2,7,8). The van der Waals surface area contributed by atoms with Crippen LogP contribution in [0, 0.1) is 0 Å². The molecule has 0 saturated heterocycles. The van der Waals surface area contributed by atoms with Crippen LogP contribution >= 0.6 is 0 Å². The highest BCUT2D eigenvalue weighted by Crippen LogP contribution is 2.07. The summed E-state index contributed by atoms with van der Waals surface area (Å²) in [4.78, 5) is 10.5. The van der Waals surface area contributed by atoms with Crippen molar-refractivity contribution in [2.45, 2.75) is 31.3 Å². The Hall–Kier alpha value is -0.580. The van der Waals surface area contributed by atoms with E-state index in [1.165, 1.54) is 20.8 Å². The Morgan fingerprint density at radius 3 is 1.73 bits per heavy atom. The van der Waals surface area contributed by atoms with Gasteiger partial charge in [-0.25, -0.2) is 8.42 Å². The first-order chi connectivity index (χ1) is 4.80. The van der Waals surface area contributed by atoms with Gasteiger partial charge < -0.3 is 5.73 Å². The first-order valence-electron chi connectivity index (χ1n) is 3.32. The Labute approximate surface area is 66.7 Å². The lowest BCUT2D eigenvalue weighted by atomic mass is 10.5. The molecule has 0 aliphatic rings. The van der Waals surface area contributed by atoms with Crippen molar-refractivity contribution < 1.29 is 13.2 Å². The number of rotatable bonds is 3. The summed E-state index contributed by atoms with van der Waals surface area (Å²) < 4.78 is 22.3. The zero-order valence-corrected chi connectivity index (χ0v) is 7.68. The Morgan fingerprint density at radius 2 is 1.64 bits per heavy atom. The number of hydrogen-bond donors (Lipinski definition) is 1. The second kappa shape index (κ2) is 3.21. The van der Waals surface area contributed by atoms with Crippen molar-refractivity contribution >= 4 is 15.7 Å². The lowest BCUT2D eigenvalue weighted by Gasteiger charge is -2.11. The molecule has 0 fully saturated rings. The molecule has 4 nitrogen and oxygen atoms in total. The van der Waals surface area contributed by atoms with Crippen LogP contribution in [0.3, 0.4) is 0 Å². The first kappa shape index (κ1) is 10.4. The molecule has 1 amide bonds. The average Bonchev–Trinajstić information content (AvgIpc) is 1.85. The average molecular weight is 179 g/mol. The highest BCUT2D eigenvalue weighted by molar-refractivity contribution is 7.93. The SMILES string of the molecule is CC(C)S(=O)(=O)C(C)C(N)=O. The molecule has 0 heterocycles. The Balaban J connectivity index is 4.72. The quantitative estimate of drug-likeness (QED) is 0.645. The summed E-state index contributed by atoms with van der Waals surface area (Å²) in [6.07, 6.45) is 0. The molecule has 0 spiro atoms. The fourth-order valence-electron chi connectivity index (χ4n) is 0.570. The van der Waals surface area contributed by atoms with E-state index >= 15 is 0 Å². The van der Waals surface area contributed by atoms with Gasteiger partial charge in [-0.3, -0.25) is 4.79 Å². The minimum absolute atomic E-state index is 0.551. The fraction of sp³-hybridized carbons (Fsp3) is 0.833. The van der Waals surface area contributed by atoms with Gasteiger partial charge in [-0.15, -0.1) is 0 Å². The van der Waals surface area contributed by atoms with E-state index in [0.29, 0.717) is 0 Å². The van der Waals surface area contributed by atoms with E-state index < -0.39 is 26.2 Å². The van der Waals surface area contributed by atoms with Crippen LogP contribution in [0.2, 0.25) is 0 Å². The minimum atomic E-state index is -3.35. The van der Waals surface area contributed by atoms with E-state index in [4.69, 9.17) is 5.73 Å². The van der Waals surface area contributed by atoms with Crippen molar-refractivity contribution in [1.29, 1.82) is 0 Å². The summed E-state index contributed by atoms with van der Waals surface area (Å²) >= 11 is 0. The topological polar surface area (TPSA) is 77.2 Å². The van der Waals surface area contributed by atoms with E-state index in [-0.39, 0.29) is 0 Å². The van der Waals surface area contributed by atoms with Crippen LogP contribution in [0.25, 0.3) is 0 Å². The number of primary amides is 1. The lowest BCUT2D eigenvalue weighted by molar-refractivity contribution is -0.117. The molecule has 1 atom stereocenters. The molecule has 1 unspecified atom stereocenters. The van der Waals surface area contributed by atoms with Crippen LogP contribution in [0.15, 0.2) is 0 Å². The van der Waals surface area contributed by atoms with Gasteiger partial charge in [0, 0.05) is 0 Å². The number of carbonyl (C=O) groups excluding carboxylic acids is 1. The molecular weight excluding hydrogens is 166 g/mol. The number of amides is 1. The Morgan fingerprint density at radius 1 is 1.27 bits per heavy atom. The van der Waals surface area contributed by atoms with E-state index in [1.807, 2.05) is 0 Å². The summed E-state index contributed by atoms with van der Waals surface area (Å²) in [5, 5.41) is -1.63. The molecule has 0 aliphatic carbocycles. The Bertz CT molecular complexity index is 243. The number of carbonyl (C=O) groups is 1. The third-order valence-electron chi connectivity index (χ3n) is 1.55. The van der Waals surface area contributed by atoms with E-state index in [9.17, 15) is 13.2 Å². The van der Waals surface area contributed by atoms with Crippen molar-refractivity contribution in [3.05, 3.63) is 0 Å². The molecule has 0 rings (SSSR count). The van der Waals surface area contributed by atoms with Crippen LogP contribution in [0.5, 0.6) is 0 Å². The summed E-state index contributed by atoms with van der Waals surface area (Å²) in [5.74, 6) is -0.793. The molecule has 2 N–H and O–H groups in total. The van der Waals surface area contributed by atoms with Crippen LogP contribution in [-0.4, -0.2) is 24.8 Å². The van der Waals surface area contributed by atoms with Crippen LogP contribution in [-0.2, 0) is 14.6 Å². The molecule has 0 aromatic carbocycles. The summed E-state index contributed by atoms with van der Waals surface area (Å²) in [6.45, 7) is 4.35. The minimum Gasteiger partial charge on any atom is -0.369 e. The normalized spacial score (nSPS) is 14.9. The van der Waals surface area contributed by atoms with E-state index in [1.54, 1.807) is 0 Å². The van der Waals surface area contributed by atoms with Crippen molar-refractivity contribution in [1.82, 2.24) is 0 Å². The van der Waals surface area contributed by atoms with Gasteiger partial charge in [0.15, 0.2) is 9.84 Å². The summed E-state index contributed by atoms with van der Waals surface area (Å²) in [7, 11) is -3.35. The third kappa shape index (κ3) is 2.18. The van der Waals surface area contributed by atoms with Gasteiger partial charge >= 0.3 is 0 Å². The fourth-order valence-corrected chi connectivity index (χ4v) is 1.71. The molecular formula is C6H13NO3S. The van der Waals surface area contributed by atoms with Gasteiger partial charge in [0.2, 0.25) is 5.91 Å². The predicted octanol–water partition coefficient (Wildman–Crippen LogP) is -0.317. The molecule has 0 aromatic heterocycles.